The Hall–Kier alpha value is -1.80. The first-order chi connectivity index (χ1) is 13.9. The number of nitrogen functional groups attached to an aromatic ring is 1. The van der Waals surface area contributed by atoms with Crippen LogP contribution >= 0.6 is 0 Å². The molecule has 2 fully saturated rings. The highest BCUT2D eigenvalue weighted by Gasteiger charge is 2.31. The molecule has 0 bridgehead atoms. The minimum Gasteiger partial charge on any atom is -0.496 e. The van der Waals surface area contributed by atoms with Gasteiger partial charge in [-0.3, -0.25) is 4.79 Å². The second-order valence-corrected chi connectivity index (χ2v) is 10.4. The maximum Gasteiger partial charge on any atom is 0.255 e. The van der Waals surface area contributed by atoms with Crippen molar-refractivity contribution in [3.05, 3.63) is 17.7 Å². The number of nitrogens with two attached hydrogens (primary N) is 1. The van der Waals surface area contributed by atoms with Crippen LogP contribution in [0.4, 0.5) is 5.69 Å². The molecule has 1 saturated carbocycles. The molecule has 1 aromatic rings. The fourth-order valence-corrected chi connectivity index (χ4v) is 5.60. The van der Waals surface area contributed by atoms with Gasteiger partial charge in [0.05, 0.1) is 29.0 Å². The summed E-state index contributed by atoms with van der Waals surface area (Å²) in [4.78, 5) is 13.2. The third-order valence-electron chi connectivity index (χ3n) is 6.25. The highest BCUT2D eigenvalue weighted by atomic mass is 32.2. The summed E-state index contributed by atoms with van der Waals surface area (Å²) in [7, 11) is -2.09. The van der Waals surface area contributed by atoms with E-state index >= 15 is 0 Å². The molecule has 4 N–H and O–H groups in total. The number of rotatable bonds is 8. The third-order valence-corrected chi connectivity index (χ3v) is 8.04. The number of hydrogen-bond donors (Lipinski definition) is 3. The maximum atomic E-state index is 13.2. The quantitative estimate of drug-likeness (QED) is 0.554. The van der Waals surface area contributed by atoms with Gasteiger partial charge in [0.25, 0.3) is 5.91 Å². The molecule has 1 aliphatic carbocycles. The molecular formula is C21H33N3O4S. The van der Waals surface area contributed by atoms with Gasteiger partial charge in [-0.1, -0.05) is 32.6 Å². The van der Waals surface area contributed by atoms with E-state index in [2.05, 4.69) is 10.6 Å². The summed E-state index contributed by atoms with van der Waals surface area (Å²) in [5.74, 6) is 0.521. The molecule has 1 heterocycles. The fraction of sp³-hybridized carbons (Fsp3) is 0.667. The number of hydrogen-bond acceptors (Lipinski definition) is 6. The van der Waals surface area contributed by atoms with Crippen LogP contribution in [0.1, 0.15) is 62.2 Å². The Bertz CT molecular complexity index is 829. The van der Waals surface area contributed by atoms with Crippen LogP contribution in [0.25, 0.3) is 0 Å². The number of nitrogens with one attached hydrogen (secondary N) is 2. The van der Waals surface area contributed by atoms with Gasteiger partial charge in [-0.25, -0.2) is 8.42 Å². The number of amides is 1. The van der Waals surface area contributed by atoms with Crippen molar-refractivity contribution in [3.63, 3.8) is 0 Å². The van der Waals surface area contributed by atoms with Crippen molar-refractivity contribution in [1.29, 1.82) is 0 Å². The first-order valence-corrected chi connectivity index (χ1v) is 12.3. The monoisotopic (exact) mass is 423 g/mol. The van der Waals surface area contributed by atoms with E-state index in [9.17, 15) is 13.2 Å². The van der Waals surface area contributed by atoms with E-state index in [-0.39, 0.29) is 45.6 Å². The zero-order valence-electron chi connectivity index (χ0n) is 17.4. The summed E-state index contributed by atoms with van der Waals surface area (Å²) in [6.07, 6.45) is 8.02. The molecule has 1 aromatic carbocycles. The molecule has 7 nitrogen and oxygen atoms in total. The summed E-state index contributed by atoms with van der Waals surface area (Å²) in [5, 5.41) is 6.68. The van der Waals surface area contributed by atoms with Crippen LogP contribution in [0.15, 0.2) is 17.0 Å². The standard InChI is InChI=1S/C21H33N3O4S/c1-3-29(26,27)20-12-15(19(28-2)13-16(20)22)21(25)24-18(17-9-6-10-23-17)11-14-7-4-5-8-14/h12-14,17-18,23H,3-11,22H2,1-2H3,(H,24,25). The molecule has 8 heteroatoms. The lowest BCUT2D eigenvalue weighted by atomic mass is 9.92. The van der Waals surface area contributed by atoms with E-state index in [0.717, 1.165) is 25.8 Å². The summed E-state index contributed by atoms with van der Waals surface area (Å²) in [5.41, 5.74) is 6.25. The second kappa shape index (κ2) is 9.34. The summed E-state index contributed by atoms with van der Waals surface area (Å²) in [6, 6.07) is 3.05. The number of sulfone groups is 1. The van der Waals surface area contributed by atoms with Crippen molar-refractivity contribution >= 4 is 21.4 Å². The van der Waals surface area contributed by atoms with Crippen molar-refractivity contribution in [3.8, 4) is 5.75 Å². The van der Waals surface area contributed by atoms with Crippen molar-refractivity contribution in [2.45, 2.75) is 68.8 Å². The van der Waals surface area contributed by atoms with Gasteiger partial charge in [-0.2, -0.15) is 0 Å². The Kier molecular flexibility index (Phi) is 7.05. The lowest BCUT2D eigenvalue weighted by Gasteiger charge is -2.28. The zero-order chi connectivity index (χ0) is 21.0. The molecule has 2 atom stereocenters. The van der Waals surface area contributed by atoms with E-state index in [4.69, 9.17) is 10.5 Å². The Morgan fingerprint density at radius 1 is 1.28 bits per heavy atom. The van der Waals surface area contributed by atoms with Crippen LogP contribution in [0.2, 0.25) is 0 Å². The molecule has 0 spiro atoms. The van der Waals surface area contributed by atoms with E-state index in [1.807, 2.05) is 0 Å². The van der Waals surface area contributed by atoms with Gasteiger partial charge in [0.1, 0.15) is 5.75 Å². The number of anilines is 1. The number of carbonyl (C=O) groups is 1. The van der Waals surface area contributed by atoms with Crippen LogP contribution in [0.5, 0.6) is 5.75 Å². The van der Waals surface area contributed by atoms with Crippen molar-refractivity contribution in [2.75, 3.05) is 25.1 Å². The number of methoxy groups -OCH3 is 1. The Balaban J connectivity index is 1.87. The van der Waals surface area contributed by atoms with Crippen LogP contribution in [0, 0.1) is 5.92 Å². The van der Waals surface area contributed by atoms with Gasteiger partial charge in [0, 0.05) is 18.2 Å². The molecule has 29 heavy (non-hydrogen) atoms. The fourth-order valence-electron chi connectivity index (χ4n) is 4.58. The van der Waals surface area contributed by atoms with Gasteiger partial charge in [0.15, 0.2) is 9.84 Å². The van der Waals surface area contributed by atoms with Gasteiger partial charge in [-0.05, 0) is 37.8 Å². The molecular weight excluding hydrogens is 390 g/mol. The van der Waals surface area contributed by atoms with Gasteiger partial charge >= 0.3 is 0 Å². The average Bonchev–Trinajstić information content (AvgIpc) is 3.40. The van der Waals surface area contributed by atoms with E-state index in [1.165, 1.54) is 44.9 Å². The van der Waals surface area contributed by atoms with Gasteiger partial charge < -0.3 is 21.1 Å². The van der Waals surface area contributed by atoms with E-state index < -0.39 is 9.84 Å². The van der Waals surface area contributed by atoms with Crippen molar-refractivity contribution < 1.29 is 17.9 Å². The normalized spacial score (nSPS) is 21.2. The first kappa shape index (κ1) is 21.9. The molecule has 2 aliphatic rings. The molecule has 0 radical (unpaired) electrons. The van der Waals surface area contributed by atoms with E-state index in [1.54, 1.807) is 6.92 Å². The predicted molar refractivity (Wildman–Crippen MR) is 114 cm³/mol. The van der Waals surface area contributed by atoms with Gasteiger partial charge in [0.2, 0.25) is 0 Å². The lowest BCUT2D eigenvalue weighted by Crippen LogP contribution is -2.48. The summed E-state index contributed by atoms with van der Waals surface area (Å²) in [6.45, 7) is 2.52. The first-order valence-electron chi connectivity index (χ1n) is 10.6. The highest BCUT2D eigenvalue weighted by Crippen LogP contribution is 2.32. The molecule has 3 rings (SSSR count). The van der Waals surface area contributed by atoms with Crippen LogP contribution < -0.4 is 21.1 Å². The summed E-state index contributed by atoms with van der Waals surface area (Å²) < 4.78 is 30.1. The lowest BCUT2D eigenvalue weighted by molar-refractivity contribution is 0.0918. The van der Waals surface area contributed by atoms with Crippen molar-refractivity contribution in [2.24, 2.45) is 5.92 Å². The maximum absolute atomic E-state index is 13.2. The van der Waals surface area contributed by atoms with Crippen LogP contribution in [-0.4, -0.2) is 45.8 Å². The molecule has 1 aliphatic heterocycles. The SMILES string of the molecule is CCS(=O)(=O)c1cc(C(=O)NC(CC2CCCC2)C2CCCN2)c(OC)cc1N. The second-order valence-electron chi connectivity index (χ2n) is 8.16. The minimum absolute atomic E-state index is 0.0154. The Morgan fingerprint density at radius 3 is 2.59 bits per heavy atom. The van der Waals surface area contributed by atoms with Crippen molar-refractivity contribution in [1.82, 2.24) is 10.6 Å². The minimum atomic E-state index is -3.55. The van der Waals surface area contributed by atoms with Crippen LogP contribution in [0.3, 0.4) is 0 Å². The molecule has 1 saturated heterocycles. The van der Waals surface area contributed by atoms with Crippen LogP contribution in [-0.2, 0) is 9.84 Å². The largest absolute Gasteiger partial charge is 0.496 e. The predicted octanol–water partition coefficient (Wildman–Crippen LogP) is 2.50. The summed E-state index contributed by atoms with van der Waals surface area (Å²) >= 11 is 0. The third kappa shape index (κ3) is 5.04. The van der Waals surface area contributed by atoms with E-state index in [0.29, 0.717) is 5.92 Å². The number of benzene rings is 1. The molecule has 2 unspecified atom stereocenters. The smallest absolute Gasteiger partial charge is 0.255 e. The Labute approximate surface area is 173 Å². The molecule has 162 valence electrons. The average molecular weight is 424 g/mol. The number of ether oxygens (including phenoxy) is 1. The number of carbonyl (C=O) groups excluding carboxylic acids is 1. The Morgan fingerprint density at radius 2 is 2.00 bits per heavy atom. The van der Waals surface area contributed by atoms with Gasteiger partial charge in [-0.15, -0.1) is 0 Å². The molecule has 1 amide bonds. The molecule has 0 aromatic heterocycles. The topological polar surface area (TPSA) is 111 Å². The highest BCUT2D eigenvalue weighted by molar-refractivity contribution is 7.91. The zero-order valence-corrected chi connectivity index (χ0v) is 18.2.